The third-order valence-electron chi connectivity index (χ3n) is 3.84. The molecule has 2 aliphatic rings. The largest absolute Gasteiger partial charge is 0.479 e. The maximum absolute atomic E-state index is 8.51. The fourth-order valence-electron chi connectivity index (χ4n) is 2.66. The molecule has 5 rings (SSSR count). The van der Waals surface area contributed by atoms with Gasteiger partial charge >= 0.3 is 0 Å². The molecule has 2 aliphatic heterocycles. The molecule has 0 unspecified atom stereocenters. The van der Waals surface area contributed by atoms with Crippen molar-refractivity contribution in [2.45, 2.75) is 13.8 Å². The van der Waals surface area contributed by atoms with Crippen molar-refractivity contribution in [3.63, 3.8) is 0 Å². The van der Waals surface area contributed by atoms with Crippen LogP contribution in [-0.2, 0) is 65.4 Å². The van der Waals surface area contributed by atoms with E-state index in [-0.39, 0.29) is 99.7 Å². The van der Waals surface area contributed by atoms with Gasteiger partial charge in [0.15, 0.2) is 11.5 Å². The van der Waals surface area contributed by atoms with Gasteiger partial charge in [0.25, 0.3) is 0 Å². The number of fused-ring (bicyclic) bond motifs is 4. The summed E-state index contributed by atoms with van der Waals surface area (Å²) in [7, 11) is 0. The van der Waals surface area contributed by atoms with E-state index in [2.05, 4.69) is 22.1 Å². The second kappa shape index (κ2) is 7.59. The van der Waals surface area contributed by atoms with Crippen molar-refractivity contribution >= 4 is 11.4 Å². The monoisotopic (exact) mass is 494 g/mol. The molecule has 0 saturated heterocycles. The number of benzene rings is 3. The van der Waals surface area contributed by atoms with Gasteiger partial charge in [-0.05, 0) is 11.4 Å². The topological polar surface area (TPSA) is 43.2 Å². The standard InChI is InChI=1S/C20H12N2O2.2Y/c1-11-3-5-13-17(7-11)23-19-9-16-20(10-15(19)21-13)24-18-8-12(2)4-6-14(18)22-16;;/h3-6,9-10H,1-2H3;;/q-2;;/i9T,10T;;. The van der Waals surface area contributed by atoms with Crippen LogP contribution in [0.1, 0.15) is 13.9 Å². The van der Waals surface area contributed by atoms with E-state index in [0.717, 1.165) is 11.1 Å². The maximum Gasteiger partial charge on any atom is 0.151 e. The van der Waals surface area contributed by atoms with Gasteiger partial charge in [-0.15, -0.1) is 24.3 Å². The minimum atomic E-state index is 0. The first-order valence-electron chi connectivity index (χ1n) is 8.53. The average molecular weight is 494 g/mol. The van der Waals surface area contributed by atoms with Gasteiger partial charge in [0.1, 0.15) is 0 Å². The van der Waals surface area contributed by atoms with Gasteiger partial charge in [-0.1, -0.05) is 13.8 Å². The Morgan fingerprint density at radius 1 is 0.769 bits per heavy atom. The van der Waals surface area contributed by atoms with E-state index < -0.39 is 0 Å². The Kier molecular flexibility index (Phi) is 5.02. The first-order chi connectivity index (χ1) is 12.5. The number of nitrogens with zero attached hydrogens (tertiary/aromatic N) is 2. The van der Waals surface area contributed by atoms with Crippen LogP contribution in [0.15, 0.2) is 46.3 Å². The van der Waals surface area contributed by atoms with Gasteiger partial charge in [-0.2, -0.15) is 23.3 Å². The van der Waals surface area contributed by atoms with Crippen molar-refractivity contribution in [3.05, 3.63) is 70.3 Å². The van der Waals surface area contributed by atoms with Crippen LogP contribution in [0, 0.1) is 26.0 Å². The Morgan fingerprint density at radius 3 is 1.62 bits per heavy atom. The van der Waals surface area contributed by atoms with Crippen molar-refractivity contribution < 1.29 is 77.6 Å². The van der Waals surface area contributed by atoms with Crippen LogP contribution >= 0.6 is 0 Å². The molecule has 2 radical (unpaired) electrons. The summed E-state index contributed by atoms with van der Waals surface area (Å²) in [5.74, 6) is 1.31. The Bertz CT molecular complexity index is 1150. The van der Waals surface area contributed by atoms with Crippen molar-refractivity contribution in [1.29, 1.82) is 0 Å². The summed E-state index contributed by atoms with van der Waals surface area (Å²) < 4.78 is 28.7. The minimum absolute atomic E-state index is 0. The van der Waals surface area contributed by atoms with Crippen molar-refractivity contribution in [2.75, 3.05) is 0 Å². The molecule has 0 bridgehead atoms. The van der Waals surface area contributed by atoms with E-state index in [0.29, 0.717) is 22.9 Å². The van der Waals surface area contributed by atoms with E-state index in [1.54, 1.807) is 0 Å². The quantitative estimate of drug-likeness (QED) is 0.306. The van der Waals surface area contributed by atoms with E-state index in [4.69, 9.17) is 12.2 Å². The number of ether oxygens (including phenoxy) is 2. The molecule has 0 spiro atoms. The zero-order valence-electron chi connectivity index (χ0n) is 16.2. The first-order valence-corrected chi connectivity index (χ1v) is 7.53. The normalized spacial score (nSPS) is 13.2. The van der Waals surface area contributed by atoms with E-state index in [1.165, 1.54) is 0 Å². The molecule has 0 aromatic heterocycles. The molecule has 0 atom stereocenters. The molecule has 3 aromatic carbocycles. The molecule has 0 amide bonds. The second-order valence-corrected chi connectivity index (χ2v) is 5.74. The molecular weight excluding hydrogens is 478 g/mol. The van der Waals surface area contributed by atoms with Crippen LogP contribution in [0.5, 0.6) is 23.0 Å². The van der Waals surface area contributed by atoms with E-state index in [1.807, 2.05) is 38.1 Å². The van der Waals surface area contributed by atoms with Gasteiger partial charge in [-0.3, -0.25) is 0 Å². The molecule has 6 heteroatoms. The fourth-order valence-corrected chi connectivity index (χ4v) is 2.66. The van der Waals surface area contributed by atoms with Gasteiger partial charge in [0.2, 0.25) is 0 Å². The molecule has 0 N–H and O–H groups in total. The number of rotatable bonds is 0. The summed E-state index contributed by atoms with van der Waals surface area (Å²) in [6, 6.07) is 13.6. The Balaban J connectivity index is 0.00000112. The average Bonchev–Trinajstić information content (AvgIpc) is 2.63. The van der Waals surface area contributed by atoms with Gasteiger partial charge in [-0.25, -0.2) is 0 Å². The second-order valence-electron chi connectivity index (χ2n) is 5.74. The molecule has 26 heavy (non-hydrogen) atoms. The maximum atomic E-state index is 8.51. The molecular formula is C20H12N2O2Y2-2. The molecule has 0 fully saturated rings. The predicted octanol–water partition coefficient (Wildman–Crippen LogP) is 4.01. The molecule has 0 aliphatic carbocycles. The van der Waals surface area contributed by atoms with Crippen LogP contribution in [0.3, 0.4) is 0 Å². The SMILES string of the molecule is [3H]c1c2c(c([3H])c3c1=Nc1ccc(C)[c-]c1O3)=Nc1ccc(C)[c-]c1O2.[Y].[Y]. The number of hydrogen-bond donors (Lipinski definition) is 0. The van der Waals surface area contributed by atoms with Crippen molar-refractivity contribution in [1.82, 2.24) is 0 Å². The van der Waals surface area contributed by atoms with E-state index in [9.17, 15) is 0 Å². The minimum Gasteiger partial charge on any atom is -0.479 e. The predicted molar refractivity (Wildman–Crippen MR) is 88.3 cm³/mol. The van der Waals surface area contributed by atoms with Gasteiger partial charge < -0.3 is 19.5 Å². The summed E-state index contributed by atoms with van der Waals surface area (Å²) in [5, 5.41) is 0.537. The summed E-state index contributed by atoms with van der Waals surface area (Å²) in [5.41, 5.74) is 2.97. The Morgan fingerprint density at radius 2 is 1.19 bits per heavy atom. The Hall–Kier alpha value is -0.932. The summed E-state index contributed by atoms with van der Waals surface area (Å²) in [6.07, 6.45) is 0. The van der Waals surface area contributed by atoms with Crippen LogP contribution < -0.4 is 20.2 Å². The third kappa shape index (κ3) is 3.45. The Labute approximate surface area is 204 Å². The van der Waals surface area contributed by atoms with Gasteiger partial charge in [0, 0.05) is 89.0 Å². The molecule has 2 heterocycles. The van der Waals surface area contributed by atoms with Crippen LogP contribution in [0.4, 0.5) is 11.4 Å². The van der Waals surface area contributed by atoms with Crippen LogP contribution in [-0.4, -0.2) is 0 Å². The molecule has 3 aromatic rings. The van der Waals surface area contributed by atoms with Gasteiger partial charge in [0.05, 0.1) is 13.5 Å². The summed E-state index contributed by atoms with van der Waals surface area (Å²) in [6.45, 7) is 3.81. The fraction of sp³-hybridized carbons (Fsp3) is 0.100. The van der Waals surface area contributed by atoms with Crippen LogP contribution in [0.25, 0.3) is 0 Å². The molecule has 0 saturated carbocycles. The molecule has 122 valence electrons. The zero-order chi connectivity index (χ0) is 18.0. The third-order valence-corrected chi connectivity index (χ3v) is 3.84. The molecule has 4 nitrogen and oxygen atoms in total. The van der Waals surface area contributed by atoms with Crippen molar-refractivity contribution in [3.8, 4) is 23.0 Å². The smallest absolute Gasteiger partial charge is 0.151 e. The number of hydrogen-bond acceptors (Lipinski definition) is 4. The van der Waals surface area contributed by atoms with Crippen LogP contribution in [0.2, 0.25) is 0 Å². The van der Waals surface area contributed by atoms with E-state index >= 15 is 0 Å². The summed E-state index contributed by atoms with van der Waals surface area (Å²) >= 11 is 0. The zero-order valence-corrected chi connectivity index (χ0v) is 19.9. The number of aryl methyl sites for hydroxylation is 2. The summed E-state index contributed by atoms with van der Waals surface area (Å²) in [4.78, 5) is 8.99. The first kappa shape index (κ1) is 17.2. The van der Waals surface area contributed by atoms with Crippen molar-refractivity contribution in [2.24, 2.45) is 9.98 Å².